The number of cyclic esters (lactones) is 1. The minimum atomic E-state index is -0.225. The molecule has 0 spiro atoms. The second-order valence-corrected chi connectivity index (χ2v) is 7.97. The number of carbonyl (C=O) groups excluding carboxylic acids is 1. The molecule has 1 N–H and O–H groups in total. The SMILES string of the molecule is O=C1OCC(COc2cccc(OCc3ccccc3)c2)N1CCC1CCNCC1. The van der Waals surface area contributed by atoms with Gasteiger partial charge in [0.1, 0.15) is 37.4 Å². The van der Waals surface area contributed by atoms with Crippen molar-refractivity contribution >= 4 is 6.09 Å². The minimum absolute atomic E-state index is 0.0480. The monoisotopic (exact) mass is 410 g/mol. The minimum Gasteiger partial charge on any atom is -0.491 e. The summed E-state index contributed by atoms with van der Waals surface area (Å²) in [7, 11) is 0. The molecule has 2 fully saturated rings. The maximum Gasteiger partial charge on any atom is 0.410 e. The van der Waals surface area contributed by atoms with E-state index in [1.165, 1.54) is 12.8 Å². The van der Waals surface area contributed by atoms with Gasteiger partial charge >= 0.3 is 6.09 Å². The van der Waals surface area contributed by atoms with Gasteiger partial charge in [-0.1, -0.05) is 36.4 Å². The van der Waals surface area contributed by atoms with Crippen LogP contribution in [0.2, 0.25) is 0 Å². The van der Waals surface area contributed by atoms with Crippen LogP contribution in [-0.4, -0.2) is 49.9 Å². The molecule has 1 atom stereocenters. The van der Waals surface area contributed by atoms with Crippen molar-refractivity contribution in [2.75, 3.05) is 32.8 Å². The van der Waals surface area contributed by atoms with Crippen LogP contribution in [0.15, 0.2) is 54.6 Å². The fourth-order valence-electron chi connectivity index (χ4n) is 3.98. The molecule has 160 valence electrons. The van der Waals surface area contributed by atoms with Crippen molar-refractivity contribution in [2.45, 2.75) is 31.9 Å². The molecule has 0 aliphatic carbocycles. The summed E-state index contributed by atoms with van der Waals surface area (Å²) in [6.45, 7) is 4.20. The molecule has 2 aromatic carbocycles. The van der Waals surface area contributed by atoms with Crippen molar-refractivity contribution in [3.63, 3.8) is 0 Å². The average molecular weight is 411 g/mol. The highest BCUT2D eigenvalue weighted by molar-refractivity contribution is 5.70. The van der Waals surface area contributed by atoms with Crippen LogP contribution in [0.3, 0.4) is 0 Å². The van der Waals surface area contributed by atoms with Gasteiger partial charge in [0.05, 0.1) is 0 Å². The van der Waals surface area contributed by atoms with Crippen molar-refractivity contribution < 1.29 is 19.0 Å². The standard InChI is InChI=1S/C24H30N2O4/c27-24-26(14-11-19-9-12-25-13-10-19)21(18-30-24)17-29-23-8-4-7-22(15-23)28-16-20-5-2-1-3-6-20/h1-8,15,19,21,25H,9-14,16-18H2. The van der Waals surface area contributed by atoms with Crippen molar-refractivity contribution in [1.82, 2.24) is 10.2 Å². The van der Waals surface area contributed by atoms with E-state index < -0.39 is 0 Å². The number of rotatable bonds is 9. The number of nitrogens with zero attached hydrogens (tertiary/aromatic N) is 1. The Kier molecular flexibility index (Phi) is 7.08. The van der Waals surface area contributed by atoms with Gasteiger partial charge in [-0.25, -0.2) is 4.79 Å². The Hall–Kier alpha value is -2.73. The van der Waals surface area contributed by atoms with E-state index in [1.807, 2.05) is 59.5 Å². The number of ether oxygens (including phenoxy) is 3. The lowest BCUT2D eigenvalue weighted by molar-refractivity contribution is 0.151. The summed E-state index contributed by atoms with van der Waals surface area (Å²) in [4.78, 5) is 14.0. The predicted octanol–water partition coefficient (Wildman–Crippen LogP) is 3.85. The highest BCUT2D eigenvalue weighted by atomic mass is 16.6. The van der Waals surface area contributed by atoms with Crippen LogP contribution < -0.4 is 14.8 Å². The molecule has 6 nitrogen and oxygen atoms in total. The molecular formula is C24H30N2O4. The number of amides is 1. The second-order valence-electron chi connectivity index (χ2n) is 7.97. The lowest BCUT2D eigenvalue weighted by Gasteiger charge is -2.26. The van der Waals surface area contributed by atoms with E-state index >= 15 is 0 Å². The molecule has 0 radical (unpaired) electrons. The molecule has 2 heterocycles. The van der Waals surface area contributed by atoms with Crippen molar-refractivity contribution in [3.8, 4) is 11.5 Å². The Morgan fingerprint density at radius 3 is 2.57 bits per heavy atom. The summed E-state index contributed by atoms with van der Waals surface area (Å²) in [5.41, 5.74) is 1.12. The van der Waals surface area contributed by atoms with E-state index in [9.17, 15) is 4.79 Å². The van der Waals surface area contributed by atoms with E-state index in [0.717, 1.165) is 43.1 Å². The molecule has 0 aromatic heterocycles. The summed E-state index contributed by atoms with van der Waals surface area (Å²) in [5.74, 6) is 2.18. The van der Waals surface area contributed by atoms with Crippen LogP contribution in [0, 0.1) is 5.92 Å². The molecule has 6 heteroatoms. The molecule has 30 heavy (non-hydrogen) atoms. The first-order valence-corrected chi connectivity index (χ1v) is 10.8. The zero-order valence-electron chi connectivity index (χ0n) is 17.3. The Bertz CT molecular complexity index is 808. The van der Waals surface area contributed by atoms with E-state index in [4.69, 9.17) is 14.2 Å². The predicted molar refractivity (Wildman–Crippen MR) is 115 cm³/mol. The number of hydrogen-bond donors (Lipinski definition) is 1. The number of benzene rings is 2. The lowest BCUT2D eigenvalue weighted by Crippen LogP contribution is -2.39. The first kappa shape index (κ1) is 20.5. The van der Waals surface area contributed by atoms with Crippen LogP contribution >= 0.6 is 0 Å². The molecule has 0 bridgehead atoms. The van der Waals surface area contributed by atoms with E-state index in [0.29, 0.717) is 25.7 Å². The Labute approximate surface area is 178 Å². The van der Waals surface area contributed by atoms with Crippen LogP contribution in [-0.2, 0) is 11.3 Å². The topological polar surface area (TPSA) is 60.0 Å². The molecule has 2 saturated heterocycles. The third-order valence-corrected chi connectivity index (χ3v) is 5.81. The Balaban J connectivity index is 1.27. The number of carbonyl (C=O) groups is 1. The molecule has 1 amide bonds. The molecule has 0 saturated carbocycles. The summed E-state index contributed by atoms with van der Waals surface area (Å²) >= 11 is 0. The van der Waals surface area contributed by atoms with Gasteiger partial charge in [-0.3, -0.25) is 4.90 Å². The first-order valence-electron chi connectivity index (χ1n) is 10.8. The molecule has 4 rings (SSSR count). The van der Waals surface area contributed by atoms with Gasteiger partial charge in [-0.15, -0.1) is 0 Å². The Morgan fingerprint density at radius 1 is 1.00 bits per heavy atom. The highest BCUT2D eigenvalue weighted by Crippen LogP contribution is 2.23. The summed E-state index contributed by atoms with van der Waals surface area (Å²) < 4.78 is 17.2. The van der Waals surface area contributed by atoms with Gasteiger partial charge in [0.2, 0.25) is 0 Å². The summed E-state index contributed by atoms with van der Waals surface area (Å²) in [5, 5.41) is 3.39. The lowest BCUT2D eigenvalue weighted by atomic mass is 9.94. The molecular weight excluding hydrogens is 380 g/mol. The Morgan fingerprint density at radius 2 is 1.77 bits per heavy atom. The summed E-state index contributed by atoms with van der Waals surface area (Å²) in [6.07, 6.45) is 3.16. The van der Waals surface area contributed by atoms with Crippen LogP contribution in [0.5, 0.6) is 11.5 Å². The fraction of sp³-hybridized carbons (Fsp3) is 0.458. The summed E-state index contributed by atoms with van der Waals surface area (Å²) in [6, 6.07) is 17.7. The van der Waals surface area contributed by atoms with Crippen LogP contribution in [0.4, 0.5) is 4.79 Å². The molecule has 2 aliphatic rings. The highest BCUT2D eigenvalue weighted by Gasteiger charge is 2.33. The molecule has 1 unspecified atom stereocenters. The largest absolute Gasteiger partial charge is 0.491 e. The first-order chi connectivity index (χ1) is 14.8. The number of piperidine rings is 1. The van der Waals surface area contributed by atoms with Crippen molar-refractivity contribution in [3.05, 3.63) is 60.2 Å². The maximum absolute atomic E-state index is 12.2. The molecule has 2 aliphatic heterocycles. The van der Waals surface area contributed by atoms with E-state index in [1.54, 1.807) is 0 Å². The normalized spacial score (nSPS) is 19.5. The maximum atomic E-state index is 12.2. The number of hydrogen-bond acceptors (Lipinski definition) is 5. The van der Waals surface area contributed by atoms with E-state index in [2.05, 4.69) is 5.32 Å². The third-order valence-electron chi connectivity index (χ3n) is 5.81. The smallest absolute Gasteiger partial charge is 0.410 e. The number of nitrogens with one attached hydrogen (secondary N) is 1. The van der Waals surface area contributed by atoms with Crippen LogP contribution in [0.25, 0.3) is 0 Å². The van der Waals surface area contributed by atoms with Gasteiger partial charge in [-0.05, 0) is 56.0 Å². The van der Waals surface area contributed by atoms with E-state index in [-0.39, 0.29) is 12.1 Å². The zero-order chi connectivity index (χ0) is 20.6. The van der Waals surface area contributed by atoms with Crippen molar-refractivity contribution in [2.24, 2.45) is 5.92 Å². The third kappa shape index (κ3) is 5.66. The van der Waals surface area contributed by atoms with Gasteiger partial charge in [0.25, 0.3) is 0 Å². The van der Waals surface area contributed by atoms with Crippen molar-refractivity contribution in [1.29, 1.82) is 0 Å². The second kappa shape index (κ2) is 10.3. The fourth-order valence-corrected chi connectivity index (χ4v) is 3.98. The van der Waals surface area contributed by atoms with Gasteiger partial charge in [0, 0.05) is 12.6 Å². The van der Waals surface area contributed by atoms with Gasteiger partial charge < -0.3 is 19.5 Å². The quantitative estimate of drug-likeness (QED) is 0.680. The average Bonchev–Trinajstić information content (AvgIpc) is 3.16. The molecule has 2 aromatic rings. The zero-order valence-corrected chi connectivity index (χ0v) is 17.3. The van der Waals surface area contributed by atoms with Gasteiger partial charge in [-0.2, -0.15) is 0 Å². The van der Waals surface area contributed by atoms with Crippen LogP contribution in [0.1, 0.15) is 24.8 Å². The van der Waals surface area contributed by atoms with Gasteiger partial charge in [0.15, 0.2) is 0 Å².